The monoisotopic (exact) mass is 676 g/mol. The van der Waals surface area contributed by atoms with E-state index in [-0.39, 0.29) is 10.8 Å². The first-order valence-corrected chi connectivity index (χ1v) is 16.5. The van der Waals surface area contributed by atoms with Crippen LogP contribution in [0, 0.1) is 0 Å². The Kier molecular flexibility index (Phi) is 10.7. The molecule has 260 valence electrons. The average Bonchev–Trinajstić information content (AvgIpc) is 3.88. The molecule has 8 rings (SSSR count). The molecule has 8 aromatic heterocycles. The van der Waals surface area contributed by atoms with Crippen molar-refractivity contribution in [3.05, 3.63) is 97.1 Å². The van der Waals surface area contributed by atoms with Gasteiger partial charge in [-0.25, -0.2) is 24.9 Å². The van der Waals surface area contributed by atoms with E-state index in [2.05, 4.69) is 95.3 Å². The maximum atomic E-state index is 5.56. The van der Waals surface area contributed by atoms with Crippen molar-refractivity contribution >= 4 is 44.7 Å². The molecule has 0 unspecified atom stereocenters. The number of hydrogen-bond acceptors (Lipinski definition) is 12. The van der Waals surface area contributed by atoms with Crippen LogP contribution in [0.3, 0.4) is 0 Å². The van der Waals surface area contributed by atoms with E-state index in [0.717, 1.165) is 56.9 Å². The highest BCUT2D eigenvalue weighted by Crippen LogP contribution is 2.26. The van der Waals surface area contributed by atoms with E-state index in [0.29, 0.717) is 23.2 Å². The fourth-order valence-electron chi connectivity index (χ4n) is 4.27. The minimum absolute atomic E-state index is 0.0426. The van der Waals surface area contributed by atoms with Gasteiger partial charge in [-0.1, -0.05) is 69.2 Å². The Morgan fingerprint density at radius 2 is 1.10 bits per heavy atom. The van der Waals surface area contributed by atoms with Gasteiger partial charge in [0.05, 0.1) is 12.4 Å². The normalized spacial score (nSPS) is 11.8. The van der Waals surface area contributed by atoms with Crippen LogP contribution in [-0.4, -0.2) is 39.9 Å². The molecule has 0 saturated heterocycles. The third kappa shape index (κ3) is 8.93. The van der Waals surface area contributed by atoms with E-state index >= 15 is 0 Å². The van der Waals surface area contributed by atoms with E-state index in [1.807, 2.05) is 50.2 Å². The van der Waals surface area contributed by atoms with Crippen molar-refractivity contribution in [2.75, 3.05) is 0 Å². The predicted molar refractivity (Wildman–Crippen MR) is 193 cm³/mol. The van der Waals surface area contributed by atoms with Crippen LogP contribution in [0.25, 0.3) is 44.7 Å². The molecule has 0 atom stereocenters. The van der Waals surface area contributed by atoms with Gasteiger partial charge >= 0.3 is 0 Å². The Morgan fingerprint density at radius 3 is 1.74 bits per heavy atom. The Labute approximate surface area is 290 Å². The zero-order chi connectivity index (χ0) is 36.1. The topological polar surface area (TPSA) is 156 Å². The summed E-state index contributed by atoms with van der Waals surface area (Å²) >= 11 is 0. The zero-order valence-electron chi connectivity index (χ0n) is 30.3. The Morgan fingerprint density at radius 1 is 0.500 bits per heavy atom. The van der Waals surface area contributed by atoms with Gasteiger partial charge in [0.2, 0.25) is 17.5 Å². The van der Waals surface area contributed by atoms with Crippen LogP contribution >= 0.6 is 0 Å². The highest BCUT2D eigenvalue weighted by Gasteiger charge is 2.21. The van der Waals surface area contributed by atoms with Gasteiger partial charge in [-0.3, -0.25) is 9.97 Å². The summed E-state index contributed by atoms with van der Waals surface area (Å²) in [5.74, 6) is 3.68. The highest BCUT2D eigenvalue weighted by atomic mass is 16.4. The maximum Gasteiger partial charge on any atom is 0.246 e. The van der Waals surface area contributed by atoms with Crippen molar-refractivity contribution in [1.82, 2.24) is 39.9 Å². The lowest BCUT2D eigenvalue weighted by Crippen LogP contribution is -2.11. The molecule has 12 nitrogen and oxygen atoms in total. The summed E-state index contributed by atoms with van der Waals surface area (Å²) in [5, 5.41) is 0. The number of fused-ring (bicyclic) bond motifs is 4. The maximum absolute atomic E-state index is 5.56. The van der Waals surface area contributed by atoms with Crippen LogP contribution < -0.4 is 0 Å². The van der Waals surface area contributed by atoms with Crippen molar-refractivity contribution in [1.29, 1.82) is 0 Å². The molecule has 12 heteroatoms. The number of pyridine rings is 4. The Bertz CT molecular complexity index is 1990. The Hall–Kier alpha value is -5.52. The summed E-state index contributed by atoms with van der Waals surface area (Å²) in [5.41, 5.74) is 6.09. The zero-order valence-corrected chi connectivity index (χ0v) is 30.3. The van der Waals surface area contributed by atoms with Gasteiger partial charge in [-0.05, 0) is 30.3 Å². The molecule has 0 aliphatic heterocycles. The number of hydrogen-bond donors (Lipinski definition) is 0. The van der Waals surface area contributed by atoms with Gasteiger partial charge in [0.15, 0.2) is 34.2 Å². The summed E-state index contributed by atoms with van der Waals surface area (Å²) in [7, 11) is 0. The molecule has 0 saturated carbocycles. The van der Waals surface area contributed by atoms with Crippen molar-refractivity contribution in [3.8, 4) is 0 Å². The van der Waals surface area contributed by atoms with Crippen molar-refractivity contribution in [2.45, 2.75) is 91.9 Å². The van der Waals surface area contributed by atoms with Gasteiger partial charge in [0, 0.05) is 53.5 Å². The van der Waals surface area contributed by atoms with Gasteiger partial charge in [0.1, 0.15) is 16.6 Å². The first-order valence-electron chi connectivity index (χ1n) is 16.5. The fourth-order valence-corrected chi connectivity index (χ4v) is 4.27. The largest absolute Gasteiger partial charge is 0.440 e. The second kappa shape index (κ2) is 14.9. The van der Waals surface area contributed by atoms with E-state index in [4.69, 9.17) is 17.7 Å². The van der Waals surface area contributed by atoms with E-state index in [1.165, 1.54) is 0 Å². The smallest absolute Gasteiger partial charge is 0.246 e. The molecule has 0 aliphatic rings. The van der Waals surface area contributed by atoms with Gasteiger partial charge in [0.25, 0.3) is 0 Å². The molecule has 0 amide bonds. The lowest BCUT2D eigenvalue weighted by atomic mass is 9.97. The van der Waals surface area contributed by atoms with Crippen LogP contribution in [0.2, 0.25) is 0 Å². The number of nitrogens with zero attached hydrogens (tertiary/aromatic N) is 8. The molecule has 8 aromatic rings. The minimum atomic E-state index is -0.0549. The van der Waals surface area contributed by atoms with E-state index < -0.39 is 0 Å². The lowest BCUT2D eigenvalue weighted by molar-refractivity contribution is 0.410. The third-order valence-corrected chi connectivity index (χ3v) is 7.02. The van der Waals surface area contributed by atoms with Crippen molar-refractivity contribution in [2.24, 2.45) is 0 Å². The first kappa shape index (κ1) is 35.8. The number of aromatic nitrogens is 8. The summed E-state index contributed by atoms with van der Waals surface area (Å²) in [4.78, 5) is 33.4. The molecular weight excluding hydrogens is 632 g/mol. The molecule has 0 spiro atoms. The molecule has 0 radical (unpaired) electrons. The molecular formula is C38H44N8O4. The number of oxazole rings is 4. The Balaban J connectivity index is 0.000000130. The molecule has 50 heavy (non-hydrogen) atoms. The molecule has 0 N–H and O–H groups in total. The molecule has 0 fully saturated rings. The molecule has 0 bridgehead atoms. The van der Waals surface area contributed by atoms with Crippen molar-refractivity contribution < 1.29 is 17.7 Å². The lowest BCUT2D eigenvalue weighted by Gasteiger charge is -2.11. The fraction of sp³-hybridized carbons (Fsp3) is 0.368. The van der Waals surface area contributed by atoms with Gasteiger partial charge in [-0.2, -0.15) is 4.98 Å². The highest BCUT2D eigenvalue weighted by molar-refractivity contribution is 5.71. The summed E-state index contributed by atoms with van der Waals surface area (Å²) in [6.45, 7) is 20.6. The SMILES string of the molecule is CC(C)(C)c1nc2ccncc2o1.CC(C)(C)c1nc2ncccc2o1.CC(C)c1nc2cccnc2o1.CC(C)c1nc2cnccc2o1. The van der Waals surface area contributed by atoms with Crippen LogP contribution in [-0.2, 0) is 10.8 Å². The third-order valence-electron chi connectivity index (χ3n) is 7.02. The first-order chi connectivity index (χ1) is 23.7. The van der Waals surface area contributed by atoms with Crippen LogP contribution in [0.15, 0.2) is 91.2 Å². The summed E-state index contributed by atoms with van der Waals surface area (Å²) in [6, 6.07) is 11.2. The average molecular weight is 677 g/mol. The van der Waals surface area contributed by atoms with E-state index in [9.17, 15) is 0 Å². The summed E-state index contributed by atoms with van der Waals surface area (Å²) < 4.78 is 22.0. The number of rotatable bonds is 2. The van der Waals surface area contributed by atoms with Gasteiger partial charge < -0.3 is 17.7 Å². The van der Waals surface area contributed by atoms with Crippen LogP contribution in [0.5, 0.6) is 0 Å². The molecule has 8 heterocycles. The van der Waals surface area contributed by atoms with E-state index in [1.54, 1.807) is 37.2 Å². The second-order valence-corrected chi connectivity index (χ2v) is 14.3. The molecule has 0 aromatic carbocycles. The standard InChI is InChI=1S/2C10H12N2O.2C9H10N2O/c1-10(2,3)9-12-7-4-5-11-6-8(7)13-9;1-10(2,3)9-12-8-7(13-9)5-4-6-11-8;1-6(2)9-11-7-5-10-4-3-8(7)12-9;1-6(2)8-11-7-4-3-5-10-9(7)12-8/h2*4-6H,1-3H3;2*3-6H,1-2H3. The van der Waals surface area contributed by atoms with Crippen LogP contribution in [0.1, 0.15) is 105 Å². The predicted octanol–water partition coefficient (Wildman–Crippen LogP) is 9.73. The quantitative estimate of drug-likeness (QED) is 0.171. The van der Waals surface area contributed by atoms with Gasteiger partial charge in [-0.15, -0.1) is 0 Å². The second-order valence-electron chi connectivity index (χ2n) is 14.3. The molecule has 0 aliphatic carbocycles. The minimum Gasteiger partial charge on any atom is -0.440 e. The summed E-state index contributed by atoms with van der Waals surface area (Å²) in [6.07, 6.45) is 10.3. The van der Waals surface area contributed by atoms with Crippen LogP contribution in [0.4, 0.5) is 0 Å². The van der Waals surface area contributed by atoms with Crippen molar-refractivity contribution in [3.63, 3.8) is 0 Å².